The zero-order chi connectivity index (χ0) is 13.4. The summed E-state index contributed by atoms with van der Waals surface area (Å²) >= 11 is 0. The topological polar surface area (TPSA) is 55.6 Å². The van der Waals surface area contributed by atoms with Crippen molar-refractivity contribution in [1.82, 2.24) is 19.7 Å². The van der Waals surface area contributed by atoms with Gasteiger partial charge in [0.1, 0.15) is 11.7 Å². The standard InChI is InChI=1S/C12H13F2N5/c1-7-3-2-4-8(16-7)11-17-12-15-6-5-9(10(13)14)19(12)18-11/h2-4,9-10H,5-6H2,1H3,(H,15,17,18). The van der Waals surface area contributed by atoms with Crippen LogP contribution in [0.3, 0.4) is 0 Å². The second kappa shape index (κ2) is 4.56. The molecule has 7 heteroatoms. The molecule has 2 aromatic rings. The smallest absolute Gasteiger partial charge is 0.260 e. The predicted molar refractivity (Wildman–Crippen MR) is 66.1 cm³/mol. The van der Waals surface area contributed by atoms with Crippen molar-refractivity contribution in [3.05, 3.63) is 23.9 Å². The van der Waals surface area contributed by atoms with Crippen LogP contribution in [-0.2, 0) is 0 Å². The molecule has 0 saturated carbocycles. The highest BCUT2D eigenvalue weighted by Crippen LogP contribution is 2.28. The first-order valence-corrected chi connectivity index (χ1v) is 6.08. The van der Waals surface area contributed by atoms with Gasteiger partial charge < -0.3 is 5.32 Å². The zero-order valence-electron chi connectivity index (χ0n) is 10.3. The molecule has 0 saturated heterocycles. The number of anilines is 1. The lowest BCUT2D eigenvalue weighted by molar-refractivity contribution is 0.0714. The quantitative estimate of drug-likeness (QED) is 0.905. The normalized spacial score (nSPS) is 18.2. The maximum atomic E-state index is 12.9. The Balaban J connectivity index is 2.02. The molecule has 0 aliphatic carbocycles. The fraction of sp³-hybridized carbons (Fsp3) is 0.417. The highest BCUT2D eigenvalue weighted by atomic mass is 19.3. The largest absolute Gasteiger partial charge is 0.354 e. The third-order valence-electron chi connectivity index (χ3n) is 3.08. The minimum atomic E-state index is -2.44. The van der Waals surface area contributed by atoms with Crippen LogP contribution in [0.15, 0.2) is 18.2 Å². The van der Waals surface area contributed by atoms with Crippen LogP contribution in [0.2, 0.25) is 0 Å². The van der Waals surface area contributed by atoms with E-state index in [0.717, 1.165) is 5.69 Å². The van der Waals surface area contributed by atoms with Crippen molar-refractivity contribution in [1.29, 1.82) is 0 Å². The molecule has 1 aliphatic rings. The van der Waals surface area contributed by atoms with Crippen LogP contribution >= 0.6 is 0 Å². The van der Waals surface area contributed by atoms with E-state index in [1.165, 1.54) is 4.68 Å². The average molecular weight is 265 g/mol. The lowest BCUT2D eigenvalue weighted by Crippen LogP contribution is -2.28. The number of rotatable bonds is 2. The molecule has 1 unspecified atom stereocenters. The number of halogens is 2. The summed E-state index contributed by atoms with van der Waals surface area (Å²) in [6.45, 7) is 2.34. The summed E-state index contributed by atoms with van der Waals surface area (Å²) in [7, 11) is 0. The number of hydrogen-bond acceptors (Lipinski definition) is 4. The van der Waals surface area contributed by atoms with Crippen LogP contribution in [-0.4, -0.2) is 32.7 Å². The predicted octanol–water partition coefficient (Wildman–Crippen LogP) is 2.27. The van der Waals surface area contributed by atoms with Crippen molar-refractivity contribution >= 4 is 5.95 Å². The van der Waals surface area contributed by atoms with E-state index in [-0.39, 0.29) is 0 Å². The molecule has 1 atom stereocenters. The molecule has 5 nitrogen and oxygen atoms in total. The van der Waals surface area contributed by atoms with Gasteiger partial charge in [0.05, 0.1) is 0 Å². The number of nitrogens with zero attached hydrogens (tertiary/aromatic N) is 4. The van der Waals surface area contributed by atoms with E-state index in [0.29, 0.717) is 30.4 Å². The van der Waals surface area contributed by atoms with Gasteiger partial charge >= 0.3 is 0 Å². The second-order valence-corrected chi connectivity index (χ2v) is 4.49. The van der Waals surface area contributed by atoms with Crippen molar-refractivity contribution in [3.63, 3.8) is 0 Å². The van der Waals surface area contributed by atoms with Crippen molar-refractivity contribution in [3.8, 4) is 11.5 Å². The maximum Gasteiger partial charge on any atom is 0.260 e. The van der Waals surface area contributed by atoms with Gasteiger partial charge in [-0.05, 0) is 25.5 Å². The molecule has 3 heterocycles. The van der Waals surface area contributed by atoms with Crippen LogP contribution < -0.4 is 5.32 Å². The van der Waals surface area contributed by atoms with E-state index in [9.17, 15) is 8.78 Å². The van der Waals surface area contributed by atoms with Crippen molar-refractivity contribution in [2.24, 2.45) is 0 Å². The summed E-state index contributed by atoms with van der Waals surface area (Å²) < 4.78 is 27.2. The van der Waals surface area contributed by atoms with Gasteiger partial charge in [0.15, 0.2) is 0 Å². The monoisotopic (exact) mass is 265 g/mol. The summed E-state index contributed by atoms with van der Waals surface area (Å²) in [5.41, 5.74) is 1.43. The molecular formula is C12H13F2N5. The Morgan fingerprint density at radius 2 is 2.21 bits per heavy atom. The number of pyridine rings is 1. The lowest BCUT2D eigenvalue weighted by atomic mass is 10.2. The molecule has 0 radical (unpaired) electrons. The van der Waals surface area contributed by atoms with Crippen LogP contribution in [0.4, 0.5) is 14.7 Å². The van der Waals surface area contributed by atoms with Gasteiger partial charge in [-0.1, -0.05) is 6.07 Å². The van der Waals surface area contributed by atoms with Crippen molar-refractivity contribution in [2.75, 3.05) is 11.9 Å². The number of alkyl halides is 2. The first kappa shape index (κ1) is 12.0. The Bertz CT molecular complexity index is 596. The average Bonchev–Trinajstić information content (AvgIpc) is 2.82. The minimum Gasteiger partial charge on any atom is -0.354 e. The van der Waals surface area contributed by atoms with Crippen LogP contribution in [0.1, 0.15) is 18.2 Å². The number of aromatic nitrogens is 4. The molecule has 1 N–H and O–H groups in total. The molecule has 0 spiro atoms. The van der Waals surface area contributed by atoms with Crippen molar-refractivity contribution < 1.29 is 8.78 Å². The van der Waals surface area contributed by atoms with E-state index in [1.807, 2.05) is 19.1 Å². The summed E-state index contributed by atoms with van der Waals surface area (Å²) in [6.07, 6.45) is -2.10. The molecule has 1 aliphatic heterocycles. The van der Waals surface area contributed by atoms with Gasteiger partial charge in [-0.25, -0.2) is 18.4 Å². The third kappa shape index (κ3) is 2.16. The summed E-state index contributed by atoms with van der Waals surface area (Å²) in [6, 6.07) is 4.56. The van der Waals surface area contributed by atoms with Crippen molar-refractivity contribution in [2.45, 2.75) is 25.8 Å². The van der Waals surface area contributed by atoms with E-state index < -0.39 is 12.5 Å². The highest BCUT2D eigenvalue weighted by molar-refractivity contribution is 5.51. The molecule has 0 bridgehead atoms. The Labute approximate surface area is 108 Å². The molecule has 0 fully saturated rings. The first-order chi connectivity index (χ1) is 9.15. The number of aryl methyl sites for hydroxylation is 1. The molecule has 3 rings (SSSR count). The van der Waals surface area contributed by atoms with E-state index in [1.54, 1.807) is 6.07 Å². The second-order valence-electron chi connectivity index (χ2n) is 4.49. The van der Waals surface area contributed by atoms with E-state index in [4.69, 9.17) is 0 Å². The van der Waals surface area contributed by atoms with E-state index >= 15 is 0 Å². The van der Waals surface area contributed by atoms with Gasteiger partial charge in [-0.3, -0.25) is 0 Å². The van der Waals surface area contributed by atoms with E-state index in [2.05, 4.69) is 20.4 Å². The fourth-order valence-electron chi connectivity index (χ4n) is 2.14. The third-order valence-corrected chi connectivity index (χ3v) is 3.08. The van der Waals surface area contributed by atoms with Crippen LogP contribution in [0.5, 0.6) is 0 Å². The molecular weight excluding hydrogens is 252 g/mol. The molecule has 2 aromatic heterocycles. The van der Waals surface area contributed by atoms with Crippen LogP contribution in [0.25, 0.3) is 11.5 Å². The minimum absolute atomic E-state index is 0.342. The van der Waals surface area contributed by atoms with Gasteiger partial charge in [0, 0.05) is 12.2 Å². The Hall–Kier alpha value is -2.05. The molecule has 0 amide bonds. The Kier molecular flexibility index (Phi) is 2.88. The lowest BCUT2D eigenvalue weighted by Gasteiger charge is -2.23. The molecule has 19 heavy (non-hydrogen) atoms. The highest BCUT2D eigenvalue weighted by Gasteiger charge is 2.30. The SMILES string of the molecule is Cc1cccc(-c2nc3n(n2)C(C(F)F)CCN3)n1. The molecule has 0 aromatic carbocycles. The summed E-state index contributed by atoms with van der Waals surface area (Å²) in [5, 5.41) is 7.15. The fourth-order valence-corrected chi connectivity index (χ4v) is 2.14. The number of fused-ring (bicyclic) bond motifs is 1. The van der Waals surface area contributed by atoms with Gasteiger partial charge in [-0.2, -0.15) is 4.98 Å². The summed E-state index contributed by atoms with van der Waals surface area (Å²) in [5.74, 6) is 0.758. The number of nitrogens with one attached hydrogen (secondary N) is 1. The summed E-state index contributed by atoms with van der Waals surface area (Å²) in [4.78, 5) is 8.54. The van der Waals surface area contributed by atoms with Gasteiger partial charge in [0.2, 0.25) is 11.8 Å². The molecule has 100 valence electrons. The number of hydrogen-bond donors (Lipinski definition) is 1. The first-order valence-electron chi connectivity index (χ1n) is 6.08. The zero-order valence-corrected chi connectivity index (χ0v) is 10.3. The Morgan fingerprint density at radius 3 is 2.95 bits per heavy atom. The van der Waals surface area contributed by atoms with Gasteiger partial charge in [0.25, 0.3) is 6.43 Å². The van der Waals surface area contributed by atoms with Gasteiger partial charge in [-0.15, -0.1) is 5.10 Å². The maximum absolute atomic E-state index is 12.9. The van der Waals surface area contributed by atoms with Crippen LogP contribution in [0, 0.1) is 6.92 Å². The Morgan fingerprint density at radius 1 is 1.37 bits per heavy atom.